The topological polar surface area (TPSA) is 65.2 Å². The SMILES string of the molecule is Cc1ccccc1NC(=O)C(C#N)C1=NC(C)(C)Cc2ccccc21. The molecule has 0 saturated carbocycles. The molecule has 126 valence electrons. The molecule has 0 bridgehead atoms. The number of fused-ring (bicyclic) bond motifs is 1. The van der Waals surface area contributed by atoms with Crippen LogP contribution in [0.3, 0.4) is 0 Å². The lowest BCUT2D eigenvalue weighted by Crippen LogP contribution is -2.36. The number of nitrogens with zero attached hydrogens (tertiary/aromatic N) is 2. The maximum Gasteiger partial charge on any atom is 0.247 e. The van der Waals surface area contributed by atoms with E-state index in [1.165, 1.54) is 0 Å². The molecule has 25 heavy (non-hydrogen) atoms. The molecule has 2 aromatic rings. The molecule has 1 atom stereocenters. The molecule has 1 unspecified atom stereocenters. The zero-order chi connectivity index (χ0) is 18.0. The Hall–Kier alpha value is -2.93. The van der Waals surface area contributed by atoms with Crippen molar-refractivity contribution in [3.63, 3.8) is 0 Å². The minimum Gasteiger partial charge on any atom is -0.324 e. The lowest BCUT2D eigenvalue weighted by Gasteiger charge is -2.30. The number of nitriles is 1. The Morgan fingerprint density at radius 2 is 1.88 bits per heavy atom. The van der Waals surface area contributed by atoms with E-state index in [1.807, 2.05) is 69.3 Å². The van der Waals surface area contributed by atoms with Gasteiger partial charge in [-0.2, -0.15) is 5.26 Å². The third-order valence-electron chi connectivity index (χ3n) is 4.41. The van der Waals surface area contributed by atoms with Crippen molar-refractivity contribution in [2.75, 3.05) is 5.32 Å². The first-order valence-electron chi connectivity index (χ1n) is 8.35. The molecule has 1 amide bonds. The Bertz CT molecular complexity index is 890. The van der Waals surface area contributed by atoms with Gasteiger partial charge in [-0.1, -0.05) is 42.5 Å². The van der Waals surface area contributed by atoms with Crippen LogP contribution in [-0.4, -0.2) is 17.2 Å². The van der Waals surface area contributed by atoms with Crippen molar-refractivity contribution in [1.29, 1.82) is 5.26 Å². The first-order chi connectivity index (χ1) is 11.9. The first kappa shape index (κ1) is 16.9. The van der Waals surface area contributed by atoms with Crippen molar-refractivity contribution in [1.82, 2.24) is 0 Å². The zero-order valence-electron chi connectivity index (χ0n) is 14.7. The summed E-state index contributed by atoms with van der Waals surface area (Å²) >= 11 is 0. The van der Waals surface area contributed by atoms with Crippen LogP contribution in [0, 0.1) is 24.2 Å². The molecule has 0 aliphatic carbocycles. The first-order valence-corrected chi connectivity index (χ1v) is 8.35. The highest BCUT2D eigenvalue weighted by molar-refractivity contribution is 6.19. The second kappa shape index (κ2) is 6.52. The summed E-state index contributed by atoms with van der Waals surface area (Å²) in [6, 6.07) is 17.6. The number of carbonyl (C=O) groups is 1. The number of hydrogen-bond acceptors (Lipinski definition) is 3. The van der Waals surface area contributed by atoms with Crippen LogP contribution in [0.1, 0.15) is 30.5 Å². The number of anilines is 1. The van der Waals surface area contributed by atoms with Crippen LogP contribution in [0.2, 0.25) is 0 Å². The standard InChI is InChI=1S/C21H21N3O/c1-14-8-4-7-11-18(14)23-20(25)17(13-22)19-16-10-6-5-9-15(16)12-21(2,3)24-19/h4-11,17H,12H2,1-3H3,(H,23,25). The predicted molar refractivity (Wildman–Crippen MR) is 99.7 cm³/mol. The van der Waals surface area contributed by atoms with E-state index in [-0.39, 0.29) is 11.4 Å². The largest absolute Gasteiger partial charge is 0.324 e. The number of rotatable bonds is 3. The molecule has 1 N–H and O–H groups in total. The van der Waals surface area contributed by atoms with Crippen molar-refractivity contribution < 1.29 is 4.79 Å². The van der Waals surface area contributed by atoms with Gasteiger partial charge in [0.15, 0.2) is 5.92 Å². The Balaban J connectivity index is 1.97. The minimum absolute atomic E-state index is 0.332. The molecule has 4 nitrogen and oxygen atoms in total. The summed E-state index contributed by atoms with van der Waals surface area (Å²) in [7, 11) is 0. The number of amides is 1. The monoisotopic (exact) mass is 331 g/mol. The maximum absolute atomic E-state index is 12.8. The van der Waals surface area contributed by atoms with E-state index < -0.39 is 5.92 Å². The number of aliphatic imine (C=N–C) groups is 1. The Morgan fingerprint density at radius 3 is 2.60 bits per heavy atom. The molecule has 1 aliphatic heterocycles. The second-order valence-corrected chi connectivity index (χ2v) is 7.01. The summed E-state index contributed by atoms with van der Waals surface area (Å²) in [5, 5.41) is 12.6. The Kier molecular flexibility index (Phi) is 4.41. The molecule has 1 heterocycles. The quantitative estimate of drug-likeness (QED) is 0.927. The predicted octanol–water partition coefficient (Wildman–Crippen LogP) is 3.90. The zero-order valence-corrected chi connectivity index (χ0v) is 14.7. The normalized spacial score (nSPS) is 16.2. The van der Waals surface area contributed by atoms with Gasteiger partial charge < -0.3 is 5.32 Å². The van der Waals surface area contributed by atoms with Gasteiger partial charge in [-0.05, 0) is 44.4 Å². The van der Waals surface area contributed by atoms with Gasteiger partial charge in [0.1, 0.15) is 0 Å². The van der Waals surface area contributed by atoms with E-state index in [0.29, 0.717) is 5.71 Å². The average molecular weight is 331 g/mol. The van der Waals surface area contributed by atoms with Crippen LogP contribution < -0.4 is 5.32 Å². The van der Waals surface area contributed by atoms with Gasteiger partial charge in [0.2, 0.25) is 5.91 Å². The lowest BCUT2D eigenvalue weighted by molar-refractivity contribution is -0.116. The molecule has 0 radical (unpaired) electrons. The number of carbonyl (C=O) groups excluding carboxylic acids is 1. The highest BCUT2D eigenvalue weighted by Crippen LogP contribution is 2.29. The summed E-state index contributed by atoms with van der Waals surface area (Å²) < 4.78 is 0. The van der Waals surface area contributed by atoms with Gasteiger partial charge in [-0.15, -0.1) is 0 Å². The summed E-state index contributed by atoms with van der Waals surface area (Å²) in [6.45, 7) is 5.97. The van der Waals surface area contributed by atoms with Gasteiger partial charge in [-0.3, -0.25) is 9.79 Å². The van der Waals surface area contributed by atoms with Gasteiger partial charge in [0, 0.05) is 11.3 Å². The van der Waals surface area contributed by atoms with Crippen LogP contribution >= 0.6 is 0 Å². The van der Waals surface area contributed by atoms with E-state index in [0.717, 1.165) is 28.8 Å². The summed E-state index contributed by atoms with van der Waals surface area (Å²) in [5.74, 6) is -1.29. The molecule has 0 fully saturated rings. The number of aryl methyl sites for hydroxylation is 1. The maximum atomic E-state index is 12.8. The van der Waals surface area contributed by atoms with Gasteiger partial charge in [0.25, 0.3) is 0 Å². The van der Waals surface area contributed by atoms with Gasteiger partial charge in [-0.25, -0.2) is 0 Å². The summed E-state index contributed by atoms with van der Waals surface area (Å²) in [4.78, 5) is 17.5. The van der Waals surface area contributed by atoms with Crippen LogP contribution in [0.15, 0.2) is 53.5 Å². The fourth-order valence-corrected chi connectivity index (χ4v) is 3.20. The van der Waals surface area contributed by atoms with Gasteiger partial charge in [0.05, 0.1) is 17.3 Å². The van der Waals surface area contributed by atoms with E-state index in [9.17, 15) is 10.1 Å². The Morgan fingerprint density at radius 1 is 1.20 bits per heavy atom. The van der Waals surface area contributed by atoms with E-state index in [1.54, 1.807) is 0 Å². The summed E-state index contributed by atoms with van der Waals surface area (Å²) in [6.07, 6.45) is 0.796. The fraction of sp³-hybridized carbons (Fsp3) is 0.286. The van der Waals surface area contributed by atoms with E-state index in [2.05, 4.69) is 11.4 Å². The highest BCUT2D eigenvalue weighted by Gasteiger charge is 2.34. The van der Waals surface area contributed by atoms with Crippen LogP contribution in [0.25, 0.3) is 0 Å². The van der Waals surface area contributed by atoms with Crippen molar-refractivity contribution in [3.05, 3.63) is 65.2 Å². The van der Waals surface area contributed by atoms with E-state index in [4.69, 9.17) is 4.99 Å². The second-order valence-electron chi connectivity index (χ2n) is 7.01. The van der Waals surface area contributed by atoms with Crippen LogP contribution in [0.4, 0.5) is 5.69 Å². The number of para-hydroxylation sites is 1. The molecule has 1 aliphatic rings. The molecular formula is C21H21N3O. The number of benzene rings is 2. The smallest absolute Gasteiger partial charge is 0.247 e. The van der Waals surface area contributed by atoms with Crippen molar-refractivity contribution in [2.24, 2.45) is 10.9 Å². The molecule has 4 heteroatoms. The third kappa shape index (κ3) is 3.46. The fourth-order valence-electron chi connectivity index (χ4n) is 3.20. The minimum atomic E-state index is -0.944. The lowest BCUT2D eigenvalue weighted by atomic mass is 9.83. The molecule has 0 spiro atoms. The number of hydrogen-bond donors (Lipinski definition) is 1. The molecule has 0 aromatic heterocycles. The van der Waals surface area contributed by atoms with Crippen molar-refractivity contribution in [2.45, 2.75) is 32.7 Å². The molecular weight excluding hydrogens is 310 g/mol. The van der Waals surface area contributed by atoms with Crippen LogP contribution in [0.5, 0.6) is 0 Å². The Labute approximate surface area is 148 Å². The third-order valence-corrected chi connectivity index (χ3v) is 4.41. The number of nitrogens with one attached hydrogen (secondary N) is 1. The molecule has 2 aromatic carbocycles. The molecule has 0 saturated heterocycles. The van der Waals surface area contributed by atoms with Crippen LogP contribution in [-0.2, 0) is 11.2 Å². The van der Waals surface area contributed by atoms with Crippen molar-refractivity contribution >= 4 is 17.3 Å². The van der Waals surface area contributed by atoms with Crippen molar-refractivity contribution in [3.8, 4) is 6.07 Å². The average Bonchev–Trinajstić information content (AvgIpc) is 2.56. The van der Waals surface area contributed by atoms with E-state index >= 15 is 0 Å². The highest BCUT2D eigenvalue weighted by atomic mass is 16.1. The molecule has 3 rings (SSSR count). The summed E-state index contributed by atoms with van der Waals surface area (Å²) in [5.41, 5.74) is 3.92. The van der Waals surface area contributed by atoms with Gasteiger partial charge >= 0.3 is 0 Å².